The highest BCUT2D eigenvalue weighted by molar-refractivity contribution is 9.10. The van der Waals surface area contributed by atoms with E-state index in [1.54, 1.807) is 0 Å². The molecule has 26 heavy (non-hydrogen) atoms. The van der Waals surface area contributed by atoms with Gasteiger partial charge < -0.3 is 14.6 Å². The van der Waals surface area contributed by atoms with Crippen molar-refractivity contribution in [3.8, 4) is 5.75 Å². The van der Waals surface area contributed by atoms with Crippen molar-refractivity contribution in [2.24, 2.45) is 0 Å². The van der Waals surface area contributed by atoms with Gasteiger partial charge in [0, 0.05) is 26.5 Å². The van der Waals surface area contributed by atoms with Crippen LogP contribution in [0.3, 0.4) is 0 Å². The van der Waals surface area contributed by atoms with Crippen LogP contribution >= 0.6 is 31.9 Å². The molecule has 1 aliphatic heterocycles. The van der Waals surface area contributed by atoms with Crippen molar-refractivity contribution in [3.05, 3.63) is 73.5 Å². The van der Waals surface area contributed by atoms with Gasteiger partial charge in [0.05, 0.1) is 0 Å². The monoisotopic (exact) mass is 472 g/mol. The lowest BCUT2D eigenvalue weighted by Crippen LogP contribution is -2.44. The zero-order chi connectivity index (χ0) is 17.9. The van der Waals surface area contributed by atoms with Crippen LogP contribution in [-0.4, -0.2) is 17.7 Å². The summed E-state index contributed by atoms with van der Waals surface area (Å²) in [6.45, 7) is 0.00867. The minimum atomic E-state index is -1.41. The third kappa shape index (κ3) is 2.46. The molecule has 3 aromatic carbocycles. The molecule has 0 saturated carbocycles. The molecule has 0 amide bonds. The lowest BCUT2D eigenvalue weighted by atomic mass is 9.85. The molecule has 5 rings (SSSR count). The standard InChI is InChI=1S/C21H14Br2O3/c22-14-2-4-16-12(9-14)1-6-18-19(16)20-17-5-3-15(23)10-13(17)7-8-21(20,24)26-11-25-18/h1-7,9-10,24H,8,11H2/t21-/m1/s1. The Kier molecular flexibility index (Phi) is 3.76. The Morgan fingerprint density at radius 3 is 2.65 bits per heavy atom. The average Bonchev–Trinajstić information content (AvgIpc) is 2.77. The van der Waals surface area contributed by atoms with E-state index in [1.165, 1.54) is 0 Å². The smallest absolute Gasteiger partial charge is 0.200 e. The molecular formula is C21H14Br2O3. The molecule has 5 heteroatoms. The van der Waals surface area contributed by atoms with Crippen molar-refractivity contribution < 1.29 is 14.6 Å². The molecule has 3 nitrogen and oxygen atoms in total. The lowest BCUT2D eigenvalue weighted by Gasteiger charge is -2.30. The van der Waals surface area contributed by atoms with Crippen LogP contribution in [0, 0.1) is 0 Å². The van der Waals surface area contributed by atoms with Gasteiger partial charge in [0.25, 0.3) is 0 Å². The second-order valence-electron chi connectivity index (χ2n) is 6.51. The molecule has 0 aromatic heterocycles. The van der Waals surface area contributed by atoms with E-state index in [2.05, 4.69) is 50.1 Å². The van der Waals surface area contributed by atoms with E-state index in [9.17, 15) is 5.11 Å². The predicted molar refractivity (Wildman–Crippen MR) is 108 cm³/mol. The molecule has 0 radical (unpaired) electrons. The lowest BCUT2D eigenvalue weighted by molar-refractivity contribution is -0.185. The zero-order valence-electron chi connectivity index (χ0n) is 13.6. The number of aliphatic hydroxyl groups is 1. The first-order chi connectivity index (χ1) is 12.5. The van der Waals surface area contributed by atoms with Gasteiger partial charge in [-0.3, -0.25) is 0 Å². The van der Waals surface area contributed by atoms with Gasteiger partial charge in [0.2, 0.25) is 5.79 Å². The normalized spacial score (nSPS) is 21.1. The molecule has 2 aliphatic rings. The fourth-order valence-corrected chi connectivity index (χ4v) is 4.56. The first-order valence-corrected chi connectivity index (χ1v) is 9.86. The predicted octanol–water partition coefficient (Wildman–Crippen LogP) is 3.80. The summed E-state index contributed by atoms with van der Waals surface area (Å²) in [5.41, 5.74) is 1.66. The summed E-state index contributed by atoms with van der Waals surface area (Å²) < 4.78 is 13.6. The number of hydrogen-bond acceptors (Lipinski definition) is 3. The zero-order valence-corrected chi connectivity index (χ0v) is 16.8. The van der Waals surface area contributed by atoms with E-state index in [-0.39, 0.29) is 6.79 Å². The van der Waals surface area contributed by atoms with E-state index >= 15 is 0 Å². The summed E-state index contributed by atoms with van der Waals surface area (Å²) in [5.74, 6) is -0.686. The average molecular weight is 474 g/mol. The largest absolute Gasteiger partial charge is 0.467 e. The summed E-state index contributed by atoms with van der Waals surface area (Å²) in [6, 6.07) is 16.2. The highest BCUT2D eigenvalue weighted by atomic mass is 79.9. The number of benzene rings is 3. The quantitative estimate of drug-likeness (QED) is 0.539. The van der Waals surface area contributed by atoms with Gasteiger partial charge in [0.1, 0.15) is 5.75 Å². The first kappa shape index (κ1) is 16.5. The van der Waals surface area contributed by atoms with Crippen molar-refractivity contribution >= 4 is 54.3 Å². The Morgan fingerprint density at radius 1 is 0.962 bits per heavy atom. The summed E-state index contributed by atoms with van der Waals surface area (Å²) >= 11 is 7.07. The minimum Gasteiger partial charge on any atom is -0.467 e. The topological polar surface area (TPSA) is 38.7 Å². The molecule has 0 spiro atoms. The number of fused-ring (bicyclic) bond motifs is 6. The van der Waals surface area contributed by atoms with Crippen LogP contribution in [0.2, 0.25) is 0 Å². The van der Waals surface area contributed by atoms with E-state index in [0.717, 1.165) is 47.0 Å². The Hall–Kier alpha value is -1.66. The van der Waals surface area contributed by atoms with Crippen LogP contribution < -0.4 is 15.2 Å². The van der Waals surface area contributed by atoms with Crippen LogP contribution in [0.4, 0.5) is 0 Å². The van der Waals surface area contributed by atoms with Crippen LogP contribution in [-0.2, 0) is 4.74 Å². The van der Waals surface area contributed by atoms with Crippen molar-refractivity contribution in [1.29, 1.82) is 0 Å². The maximum atomic E-state index is 11.4. The van der Waals surface area contributed by atoms with E-state index in [4.69, 9.17) is 9.47 Å². The van der Waals surface area contributed by atoms with Gasteiger partial charge in [-0.2, -0.15) is 0 Å². The third-order valence-electron chi connectivity index (χ3n) is 4.98. The molecule has 0 bridgehead atoms. The van der Waals surface area contributed by atoms with Crippen molar-refractivity contribution in [2.45, 2.75) is 12.2 Å². The number of hydrogen-bond donors (Lipinski definition) is 1. The second-order valence-corrected chi connectivity index (χ2v) is 8.34. The van der Waals surface area contributed by atoms with Crippen LogP contribution in [0.25, 0.3) is 22.4 Å². The molecule has 0 saturated heterocycles. The van der Waals surface area contributed by atoms with Gasteiger partial charge in [-0.25, -0.2) is 0 Å². The maximum Gasteiger partial charge on any atom is 0.200 e. The summed E-state index contributed by atoms with van der Waals surface area (Å²) in [6.07, 6.45) is 2.39. The molecule has 3 aromatic rings. The molecule has 1 aliphatic carbocycles. The molecule has 1 N–H and O–H groups in total. The minimum absolute atomic E-state index is 0.00867. The van der Waals surface area contributed by atoms with Crippen molar-refractivity contribution in [1.82, 2.24) is 0 Å². The molecule has 0 unspecified atom stereocenters. The molecule has 130 valence electrons. The highest BCUT2D eigenvalue weighted by Crippen LogP contribution is 2.42. The molecular weight excluding hydrogens is 460 g/mol. The fourth-order valence-electron chi connectivity index (χ4n) is 3.80. The first-order valence-electron chi connectivity index (χ1n) is 8.27. The second kappa shape index (κ2) is 5.92. The van der Waals surface area contributed by atoms with Crippen LogP contribution in [0.15, 0.2) is 57.5 Å². The summed E-state index contributed by atoms with van der Waals surface area (Å²) in [5, 5.41) is 15.5. The third-order valence-corrected chi connectivity index (χ3v) is 5.96. The number of ether oxygens (including phenoxy) is 2. The maximum absolute atomic E-state index is 11.4. The number of halogens is 2. The molecule has 0 fully saturated rings. The van der Waals surface area contributed by atoms with Crippen LogP contribution in [0.1, 0.15) is 12.0 Å². The fraction of sp³-hybridized carbons (Fsp3) is 0.143. The summed E-state index contributed by atoms with van der Waals surface area (Å²) in [4.78, 5) is 0. The van der Waals surface area contributed by atoms with Crippen molar-refractivity contribution in [3.63, 3.8) is 0 Å². The molecule has 1 atom stereocenters. The van der Waals surface area contributed by atoms with Gasteiger partial charge in [-0.1, -0.05) is 56.1 Å². The van der Waals surface area contributed by atoms with E-state index in [0.29, 0.717) is 6.42 Å². The van der Waals surface area contributed by atoms with Gasteiger partial charge in [0.15, 0.2) is 6.79 Å². The molecule has 1 heterocycles. The Balaban J connectivity index is 1.99. The Morgan fingerprint density at radius 2 is 1.77 bits per heavy atom. The van der Waals surface area contributed by atoms with Crippen molar-refractivity contribution in [2.75, 3.05) is 6.79 Å². The Bertz CT molecular complexity index is 1190. The van der Waals surface area contributed by atoms with Gasteiger partial charge in [-0.15, -0.1) is 0 Å². The number of rotatable bonds is 0. The SMILES string of the molecule is O[C@@]12CC=c3cc(Br)ccc3=C1c1c(ccc3cc(Br)ccc13)OCO2. The summed E-state index contributed by atoms with van der Waals surface area (Å²) in [7, 11) is 0. The van der Waals surface area contributed by atoms with E-state index < -0.39 is 5.79 Å². The van der Waals surface area contributed by atoms with Crippen LogP contribution in [0.5, 0.6) is 5.75 Å². The Labute approximate surface area is 166 Å². The highest BCUT2D eigenvalue weighted by Gasteiger charge is 2.39. The van der Waals surface area contributed by atoms with E-state index in [1.807, 2.05) is 36.4 Å². The van der Waals surface area contributed by atoms with Gasteiger partial charge in [-0.05, 0) is 51.5 Å². The van der Waals surface area contributed by atoms with Gasteiger partial charge >= 0.3 is 0 Å².